The Labute approximate surface area is 151 Å². The molecule has 3 rings (SSSR count). The predicted molar refractivity (Wildman–Crippen MR) is 95.3 cm³/mol. The molecule has 0 aliphatic carbocycles. The average Bonchev–Trinajstić information content (AvgIpc) is 3.16. The first-order valence-electron chi connectivity index (χ1n) is 8.37. The van der Waals surface area contributed by atoms with E-state index < -0.39 is 0 Å². The third-order valence-electron chi connectivity index (χ3n) is 3.81. The molecule has 0 aliphatic heterocycles. The molecule has 2 aromatic heterocycles. The van der Waals surface area contributed by atoms with Gasteiger partial charge in [-0.2, -0.15) is 0 Å². The molecule has 3 aromatic rings. The highest BCUT2D eigenvalue weighted by atomic mass is 16.5. The van der Waals surface area contributed by atoms with Crippen LogP contribution in [0.4, 0.5) is 0 Å². The van der Waals surface area contributed by atoms with E-state index >= 15 is 0 Å². The quantitative estimate of drug-likeness (QED) is 0.670. The van der Waals surface area contributed by atoms with Crippen molar-refractivity contribution in [3.63, 3.8) is 0 Å². The van der Waals surface area contributed by atoms with Crippen LogP contribution in [-0.2, 0) is 17.8 Å². The van der Waals surface area contributed by atoms with Crippen LogP contribution in [0.3, 0.4) is 0 Å². The highest BCUT2D eigenvalue weighted by Gasteiger charge is 2.10. The summed E-state index contributed by atoms with van der Waals surface area (Å²) in [4.78, 5) is 16.0. The van der Waals surface area contributed by atoms with Gasteiger partial charge in [0.1, 0.15) is 5.75 Å². The number of amides is 1. The molecular weight excluding hydrogens is 332 g/mol. The highest BCUT2D eigenvalue weighted by molar-refractivity contribution is 5.75. The van der Waals surface area contributed by atoms with Gasteiger partial charge in [-0.05, 0) is 42.7 Å². The maximum atomic E-state index is 11.9. The molecular formula is C19H20N4O3. The van der Waals surface area contributed by atoms with Crippen LogP contribution in [0.1, 0.15) is 24.3 Å². The second-order valence-electron chi connectivity index (χ2n) is 5.72. The number of methoxy groups -OCH3 is 1. The van der Waals surface area contributed by atoms with E-state index in [1.54, 1.807) is 13.3 Å². The van der Waals surface area contributed by atoms with Gasteiger partial charge in [-0.15, -0.1) is 10.2 Å². The van der Waals surface area contributed by atoms with Crippen LogP contribution in [0.25, 0.3) is 11.5 Å². The summed E-state index contributed by atoms with van der Waals surface area (Å²) in [5, 5.41) is 10.8. The summed E-state index contributed by atoms with van der Waals surface area (Å²) in [7, 11) is 1.60. The topological polar surface area (TPSA) is 90.1 Å². The maximum absolute atomic E-state index is 11.9. The summed E-state index contributed by atoms with van der Waals surface area (Å²) in [6, 6.07) is 11.3. The fourth-order valence-corrected chi connectivity index (χ4v) is 2.46. The molecule has 1 N–H and O–H groups in total. The number of aryl methyl sites for hydroxylation is 1. The SMILES string of the molecule is COc1cccc(-c2nnc(CNC(=O)CCCc3cccnc3)o2)c1. The lowest BCUT2D eigenvalue weighted by atomic mass is 10.1. The third-order valence-corrected chi connectivity index (χ3v) is 3.81. The van der Waals surface area contributed by atoms with E-state index in [2.05, 4.69) is 20.5 Å². The predicted octanol–water partition coefficient (Wildman–Crippen LogP) is 2.78. The highest BCUT2D eigenvalue weighted by Crippen LogP contribution is 2.22. The van der Waals surface area contributed by atoms with E-state index in [1.807, 2.05) is 42.6 Å². The van der Waals surface area contributed by atoms with Crippen LogP contribution in [0.15, 0.2) is 53.2 Å². The zero-order chi connectivity index (χ0) is 18.2. The summed E-state index contributed by atoms with van der Waals surface area (Å²) in [6.07, 6.45) is 5.57. The van der Waals surface area contributed by atoms with Gasteiger partial charge in [0.15, 0.2) is 0 Å². The van der Waals surface area contributed by atoms with Gasteiger partial charge in [-0.1, -0.05) is 12.1 Å². The molecule has 134 valence electrons. The molecule has 0 aliphatic rings. The number of carbonyl (C=O) groups is 1. The lowest BCUT2D eigenvalue weighted by Crippen LogP contribution is -2.22. The standard InChI is InChI=1S/C19H20N4O3/c1-25-16-8-3-7-15(11-16)19-23-22-18(26-19)13-21-17(24)9-2-5-14-6-4-10-20-12-14/h3-4,6-8,10-12H,2,5,9,13H2,1H3,(H,21,24). The molecule has 7 heteroatoms. The molecule has 1 amide bonds. The zero-order valence-corrected chi connectivity index (χ0v) is 14.5. The molecule has 26 heavy (non-hydrogen) atoms. The first-order chi connectivity index (χ1) is 12.7. The van der Waals surface area contributed by atoms with Crippen molar-refractivity contribution in [3.05, 3.63) is 60.2 Å². The Hall–Kier alpha value is -3.22. The van der Waals surface area contributed by atoms with Crippen LogP contribution >= 0.6 is 0 Å². The van der Waals surface area contributed by atoms with Gasteiger partial charge in [0, 0.05) is 24.4 Å². The lowest BCUT2D eigenvalue weighted by molar-refractivity contribution is -0.121. The van der Waals surface area contributed by atoms with Crippen molar-refractivity contribution >= 4 is 5.91 Å². The number of nitrogens with one attached hydrogen (secondary N) is 1. The van der Waals surface area contributed by atoms with Crippen molar-refractivity contribution in [1.29, 1.82) is 0 Å². The number of aromatic nitrogens is 3. The Kier molecular flexibility index (Phi) is 5.92. The van der Waals surface area contributed by atoms with Crippen LogP contribution in [-0.4, -0.2) is 28.2 Å². The fraction of sp³-hybridized carbons (Fsp3) is 0.263. The minimum absolute atomic E-state index is 0.0463. The van der Waals surface area contributed by atoms with Crippen molar-refractivity contribution in [2.45, 2.75) is 25.8 Å². The number of pyridine rings is 1. The summed E-state index contributed by atoms with van der Waals surface area (Å²) in [6.45, 7) is 0.211. The smallest absolute Gasteiger partial charge is 0.247 e. The first-order valence-corrected chi connectivity index (χ1v) is 8.37. The van der Waals surface area contributed by atoms with Gasteiger partial charge in [0.25, 0.3) is 0 Å². The van der Waals surface area contributed by atoms with E-state index in [0.717, 1.165) is 24.0 Å². The summed E-state index contributed by atoms with van der Waals surface area (Å²) in [5.41, 5.74) is 1.89. The van der Waals surface area contributed by atoms with Crippen molar-refractivity contribution in [1.82, 2.24) is 20.5 Å². The van der Waals surface area contributed by atoms with Crippen molar-refractivity contribution in [2.75, 3.05) is 7.11 Å². The normalized spacial score (nSPS) is 10.5. The van der Waals surface area contributed by atoms with Crippen LogP contribution in [0.5, 0.6) is 5.75 Å². The number of nitrogens with zero attached hydrogens (tertiary/aromatic N) is 3. The van der Waals surface area contributed by atoms with Gasteiger partial charge in [0.05, 0.1) is 13.7 Å². The van der Waals surface area contributed by atoms with E-state index in [-0.39, 0.29) is 12.5 Å². The number of hydrogen-bond donors (Lipinski definition) is 1. The molecule has 0 saturated heterocycles. The second-order valence-corrected chi connectivity index (χ2v) is 5.72. The van der Waals surface area contributed by atoms with Crippen molar-refractivity contribution in [2.24, 2.45) is 0 Å². The van der Waals surface area contributed by atoms with Gasteiger partial charge >= 0.3 is 0 Å². The van der Waals surface area contributed by atoms with Crippen LogP contribution in [0.2, 0.25) is 0 Å². The Balaban J connectivity index is 1.46. The minimum Gasteiger partial charge on any atom is -0.497 e. The van der Waals surface area contributed by atoms with Crippen LogP contribution in [0, 0.1) is 0 Å². The lowest BCUT2D eigenvalue weighted by Gasteiger charge is -2.03. The fourth-order valence-electron chi connectivity index (χ4n) is 2.46. The third kappa shape index (κ3) is 4.89. The van der Waals surface area contributed by atoms with Gasteiger partial charge in [-0.3, -0.25) is 9.78 Å². The van der Waals surface area contributed by atoms with E-state index in [0.29, 0.717) is 24.0 Å². The monoisotopic (exact) mass is 352 g/mol. The van der Waals surface area contributed by atoms with E-state index in [4.69, 9.17) is 9.15 Å². The van der Waals surface area contributed by atoms with Gasteiger partial charge in [0.2, 0.25) is 17.7 Å². The van der Waals surface area contributed by atoms with Crippen molar-refractivity contribution < 1.29 is 13.9 Å². The minimum atomic E-state index is -0.0463. The Morgan fingerprint density at radius 3 is 2.96 bits per heavy atom. The Bertz CT molecular complexity index is 849. The molecule has 0 spiro atoms. The molecule has 1 aromatic carbocycles. The molecule has 0 fully saturated rings. The van der Waals surface area contributed by atoms with Crippen molar-refractivity contribution in [3.8, 4) is 17.2 Å². The van der Waals surface area contributed by atoms with Gasteiger partial charge < -0.3 is 14.5 Å². The zero-order valence-electron chi connectivity index (χ0n) is 14.5. The summed E-state index contributed by atoms with van der Waals surface area (Å²) >= 11 is 0. The van der Waals surface area contributed by atoms with E-state index in [9.17, 15) is 4.79 Å². The number of hydrogen-bond acceptors (Lipinski definition) is 6. The largest absolute Gasteiger partial charge is 0.497 e. The molecule has 7 nitrogen and oxygen atoms in total. The molecule has 2 heterocycles. The number of carbonyl (C=O) groups excluding carboxylic acids is 1. The van der Waals surface area contributed by atoms with Gasteiger partial charge in [-0.25, -0.2) is 0 Å². The molecule has 0 radical (unpaired) electrons. The average molecular weight is 352 g/mol. The second kappa shape index (κ2) is 8.75. The number of rotatable bonds is 8. The summed E-state index contributed by atoms with van der Waals surface area (Å²) < 4.78 is 10.8. The first kappa shape index (κ1) is 17.6. The molecule has 0 unspecified atom stereocenters. The Morgan fingerprint density at radius 2 is 2.15 bits per heavy atom. The van der Waals surface area contributed by atoms with Crippen LogP contribution < -0.4 is 10.1 Å². The number of benzene rings is 1. The molecule has 0 atom stereocenters. The maximum Gasteiger partial charge on any atom is 0.247 e. The molecule has 0 saturated carbocycles. The summed E-state index contributed by atoms with van der Waals surface area (Å²) in [5.74, 6) is 1.42. The van der Waals surface area contributed by atoms with E-state index in [1.165, 1.54) is 0 Å². The Morgan fingerprint density at radius 1 is 1.23 bits per heavy atom. The number of ether oxygens (including phenoxy) is 1. The molecule has 0 bridgehead atoms.